The molecule has 0 aromatic carbocycles. The molecular formula is C9H18NO4Y-. The topological polar surface area (TPSA) is 56.8 Å². The van der Waals surface area contributed by atoms with Gasteiger partial charge >= 0.3 is 6.09 Å². The van der Waals surface area contributed by atoms with Crippen LogP contribution < -0.4 is 5.32 Å². The Bertz CT molecular complexity index is 155. The number of hydrogen-bond acceptors (Lipinski definition) is 4. The summed E-state index contributed by atoms with van der Waals surface area (Å²) in [5, 5.41) is 2.44. The number of rotatable bonds is 7. The summed E-state index contributed by atoms with van der Waals surface area (Å²) < 4.78 is 14.5. The van der Waals surface area contributed by atoms with E-state index in [1.165, 1.54) is 0 Å². The minimum Gasteiger partial charge on any atom is -0.624 e. The summed E-state index contributed by atoms with van der Waals surface area (Å²) in [6.07, 6.45) is -0.329. The number of carbonyl (C=O) groups is 1. The molecule has 0 saturated carbocycles. The predicted molar refractivity (Wildman–Crippen MR) is 51.7 cm³/mol. The molecular weight excluding hydrogens is 275 g/mol. The largest absolute Gasteiger partial charge is 0.624 e. The fourth-order valence-electron chi connectivity index (χ4n) is 0.721. The molecule has 0 spiro atoms. The van der Waals surface area contributed by atoms with Gasteiger partial charge < -0.3 is 19.5 Å². The van der Waals surface area contributed by atoms with Crippen LogP contribution in [-0.4, -0.2) is 38.6 Å². The van der Waals surface area contributed by atoms with Crippen molar-refractivity contribution in [1.82, 2.24) is 5.32 Å². The summed E-state index contributed by atoms with van der Waals surface area (Å²) in [5.41, 5.74) is 0. The molecule has 1 N–H and O–H groups in total. The molecule has 0 aliphatic heterocycles. The third-order valence-corrected chi connectivity index (χ3v) is 1.33. The standard InChI is InChI=1S/C9H18NO4.Y/c1-8(2)14-7-6-13-5-4-10-9(11)12-3;/h8H,3-7H2,1-2H3,(H,10,11);/q-1;. The number of amides is 1. The molecule has 0 fully saturated rings. The van der Waals surface area contributed by atoms with E-state index < -0.39 is 6.09 Å². The van der Waals surface area contributed by atoms with Crippen molar-refractivity contribution < 1.29 is 51.7 Å². The van der Waals surface area contributed by atoms with Crippen LogP contribution >= 0.6 is 0 Å². The normalized spacial score (nSPS) is 9.60. The van der Waals surface area contributed by atoms with E-state index in [1.54, 1.807) is 0 Å². The minimum absolute atomic E-state index is 0. The molecule has 0 bridgehead atoms. The van der Waals surface area contributed by atoms with Crippen molar-refractivity contribution >= 4 is 6.09 Å². The quantitative estimate of drug-likeness (QED) is 0.561. The van der Waals surface area contributed by atoms with E-state index in [4.69, 9.17) is 9.47 Å². The Morgan fingerprint density at radius 3 is 2.53 bits per heavy atom. The van der Waals surface area contributed by atoms with Crippen molar-refractivity contribution in [3.63, 3.8) is 0 Å². The number of alkyl carbamates (subject to hydrolysis) is 1. The third-order valence-electron chi connectivity index (χ3n) is 1.33. The Balaban J connectivity index is 0. The molecule has 0 aromatic rings. The van der Waals surface area contributed by atoms with Crippen LogP contribution in [0.25, 0.3) is 0 Å². The van der Waals surface area contributed by atoms with E-state index in [1.807, 2.05) is 13.8 Å². The number of carbonyl (C=O) groups excluding carboxylic acids is 1. The summed E-state index contributed by atoms with van der Waals surface area (Å²) in [6, 6.07) is 0. The minimum atomic E-state index is -0.549. The van der Waals surface area contributed by atoms with Gasteiger partial charge in [-0.15, -0.1) is 0 Å². The van der Waals surface area contributed by atoms with E-state index in [9.17, 15) is 4.79 Å². The SMILES string of the molecule is [CH2-]OC(=O)NCCOCCOC(C)C.[Y]. The fraction of sp³-hybridized carbons (Fsp3) is 0.778. The summed E-state index contributed by atoms with van der Waals surface area (Å²) in [6.45, 7) is 5.88. The van der Waals surface area contributed by atoms with Crippen molar-refractivity contribution in [2.24, 2.45) is 0 Å². The van der Waals surface area contributed by atoms with Crippen LogP contribution in [0.4, 0.5) is 4.79 Å². The first-order valence-corrected chi connectivity index (χ1v) is 4.56. The molecule has 0 rings (SSSR count). The summed E-state index contributed by atoms with van der Waals surface area (Å²) >= 11 is 0. The van der Waals surface area contributed by atoms with Gasteiger partial charge in [0, 0.05) is 39.3 Å². The first-order chi connectivity index (χ1) is 6.66. The molecule has 0 heterocycles. The Hall–Kier alpha value is 0.294. The Kier molecular flexibility index (Phi) is 14.6. The van der Waals surface area contributed by atoms with Crippen LogP contribution in [0.2, 0.25) is 0 Å². The molecule has 0 aromatic heterocycles. The predicted octanol–water partition coefficient (Wildman–Crippen LogP) is 0.943. The molecule has 15 heavy (non-hydrogen) atoms. The molecule has 0 atom stereocenters. The van der Waals surface area contributed by atoms with Crippen LogP contribution in [0.3, 0.4) is 0 Å². The number of nitrogens with one attached hydrogen (secondary N) is 1. The van der Waals surface area contributed by atoms with Crippen LogP contribution in [-0.2, 0) is 46.9 Å². The Labute approximate surface area is 116 Å². The van der Waals surface area contributed by atoms with Gasteiger partial charge in [0.2, 0.25) is 0 Å². The second kappa shape index (κ2) is 12.4. The zero-order chi connectivity index (χ0) is 10.8. The molecule has 1 amide bonds. The van der Waals surface area contributed by atoms with Gasteiger partial charge in [-0.3, -0.25) is 0 Å². The molecule has 6 heteroatoms. The second-order valence-corrected chi connectivity index (χ2v) is 2.89. The van der Waals surface area contributed by atoms with Gasteiger partial charge in [-0.25, -0.2) is 4.79 Å². The zero-order valence-corrected chi connectivity index (χ0v) is 12.2. The van der Waals surface area contributed by atoms with Crippen LogP contribution in [0.1, 0.15) is 13.8 Å². The zero-order valence-electron chi connectivity index (χ0n) is 9.32. The molecule has 0 aliphatic rings. The third kappa shape index (κ3) is 14.3. The average Bonchev–Trinajstić information content (AvgIpc) is 2.15. The van der Waals surface area contributed by atoms with Gasteiger partial charge in [0.25, 0.3) is 0 Å². The Morgan fingerprint density at radius 2 is 2.00 bits per heavy atom. The summed E-state index contributed by atoms with van der Waals surface area (Å²) in [7, 11) is 2.96. The van der Waals surface area contributed by atoms with Crippen LogP contribution in [0.5, 0.6) is 0 Å². The molecule has 5 nitrogen and oxygen atoms in total. The molecule has 0 saturated heterocycles. The summed E-state index contributed by atoms with van der Waals surface area (Å²) in [5.74, 6) is 0. The van der Waals surface area contributed by atoms with Crippen molar-refractivity contribution in [3.8, 4) is 0 Å². The van der Waals surface area contributed by atoms with E-state index in [2.05, 4.69) is 17.2 Å². The van der Waals surface area contributed by atoms with Crippen molar-refractivity contribution in [1.29, 1.82) is 0 Å². The maximum atomic E-state index is 10.5. The fourth-order valence-corrected chi connectivity index (χ4v) is 0.721. The van der Waals surface area contributed by atoms with Crippen molar-refractivity contribution in [2.45, 2.75) is 20.0 Å². The van der Waals surface area contributed by atoms with Gasteiger partial charge in [-0.2, -0.15) is 7.11 Å². The first kappa shape index (κ1) is 17.7. The first-order valence-electron chi connectivity index (χ1n) is 4.56. The summed E-state index contributed by atoms with van der Waals surface area (Å²) in [4.78, 5) is 10.5. The number of ether oxygens (including phenoxy) is 3. The van der Waals surface area contributed by atoms with E-state index in [-0.39, 0.29) is 38.8 Å². The molecule has 1 radical (unpaired) electrons. The van der Waals surface area contributed by atoms with Gasteiger partial charge in [0.05, 0.1) is 25.9 Å². The molecule has 87 valence electrons. The van der Waals surface area contributed by atoms with Crippen molar-refractivity contribution in [3.05, 3.63) is 7.11 Å². The van der Waals surface area contributed by atoms with Gasteiger partial charge in [0.15, 0.2) is 0 Å². The molecule has 0 aliphatic carbocycles. The smallest absolute Gasteiger partial charge is 0.375 e. The van der Waals surface area contributed by atoms with Crippen molar-refractivity contribution in [2.75, 3.05) is 26.4 Å². The van der Waals surface area contributed by atoms with Gasteiger partial charge in [-0.1, -0.05) is 0 Å². The Morgan fingerprint density at radius 1 is 1.33 bits per heavy atom. The van der Waals surface area contributed by atoms with E-state index >= 15 is 0 Å². The maximum absolute atomic E-state index is 10.5. The van der Waals surface area contributed by atoms with E-state index in [0.717, 1.165) is 0 Å². The van der Waals surface area contributed by atoms with Gasteiger partial charge in [-0.05, 0) is 13.8 Å². The molecule has 0 unspecified atom stereocenters. The monoisotopic (exact) mass is 293 g/mol. The van der Waals surface area contributed by atoms with Crippen LogP contribution in [0.15, 0.2) is 0 Å². The maximum Gasteiger partial charge on any atom is 0.375 e. The second-order valence-electron chi connectivity index (χ2n) is 2.89. The average molecular weight is 293 g/mol. The number of hydrogen-bond donors (Lipinski definition) is 1. The van der Waals surface area contributed by atoms with Gasteiger partial charge in [0.1, 0.15) is 0 Å². The van der Waals surface area contributed by atoms with Crippen LogP contribution in [0, 0.1) is 7.11 Å². The van der Waals surface area contributed by atoms with E-state index in [0.29, 0.717) is 26.4 Å².